The molecular weight excluding hydrogens is 459 g/mol. The molecule has 3 aromatic carbocycles. The van der Waals surface area contributed by atoms with Crippen LogP contribution in [0.5, 0.6) is 5.75 Å². The number of carbonyl (C=O) groups is 2. The van der Waals surface area contributed by atoms with Crippen molar-refractivity contribution in [1.82, 2.24) is 0 Å². The number of hydrogen-bond donors (Lipinski definition) is 1. The lowest BCUT2D eigenvalue weighted by atomic mass is 10.2. The van der Waals surface area contributed by atoms with Gasteiger partial charge in [0.1, 0.15) is 11.6 Å². The van der Waals surface area contributed by atoms with Gasteiger partial charge in [-0.15, -0.1) is 0 Å². The normalized spacial score (nSPS) is 14.6. The summed E-state index contributed by atoms with van der Waals surface area (Å²) < 4.78 is 19.1. The third-order valence-corrected chi connectivity index (χ3v) is 6.15. The fourth-order valence-electron chi connectivity index (χ4n) is 3.14. The number of thioether (sulfide) groups is 1. The molecule has 8 heteroatoms. The number of nitrogens with one attached hydrogen (secondary N) is 1. The molecule has 5 nitrogen and oxygen atoms in total. The molecule has 0 aromatic heterocycles. The minimum absolute atomic E-state index is 0.121. The molecule has 0 aliphatic carbocycles. The summed E-state index contributed by atoms with van der Waals surface area (Å²) in [7, 11) is 0. The highest BCUT2D eigenvalue weighted by Crippen LogP contribution is 2.36. The number of nitrogens with zero attached hydrogens (tertiary/aromatic N) is 1. The van der Waals surface area contributed by atoms with E-state index in [0.717, 1.165) is 16.8 Å². The van der Waals surface area contributed by atoms with Crippen LogP contribution in [0.2, 0.25) is 0 Å². The molecule has 0 saturated carbocycles. The second-order valence-electron chi connectivity index (χ2n) is 7.21. The Hall–Kier alpha value is -3.49. The van der Waals surface area contributed by atoms with Crippen molar-refractivity contribution >= 4 is 57.6 Å². The van der Waals surface area contributed by atoms with Crippen molar-refractivity contribution in [3.05, 3.63) is 94.6 Å². The molecule has 33 heavy (non-hydrogen) atoms. The zero-order chi connectivity index (χ0) is 23.4. The van der Waals surface area contributed by atoms with Gasteiger partial charge in [0.15, 0.2) is 10.9 Å². The molecule has 1 saturated heterocycles. The standard InChI is InChI=1S/C25H19FN2O3S2/c1-16-4-2-3-5-21(16)27-23(29)15-31-20-12-6-17(7-13-20)14-22-24(30)28(25(32)33-22)19-10-8-18(26)9-11-19/h2-14H,15H2,1H3,(H,27,29)/b22-14-. The van der Waals surface area contributed by atoms with E-state index in [2.05, 4.69) is 5.32 Å². The lowest BCUT2D eigenvalue weighted by Gasteiger charge is -2.14. The Morgan fingerprint density at radius 3 is 2.48 bits per heavy atom. The van der Waals surface area contributed by atoms with Gasteiger partial charge in [-0.05, 0) is 66.6 Å². The summed E-state index contributed by atoms with van der Waals surface area (Å²) in [6.07, 6.45) is 1.73. The number of amides is 2. The van der Waals surface area contributed by atoms with Gasteiger partial charge in [0.25, 0.3) is 11.8 Å². The first-order valence-electron chi connectivity index (χ1n) is 10.0. The van der Waals surface area contributed by atoms with Crippen molar-refractivity contribution in [3.63, 3.8) is 0 Å². The fourth-order valence-corrected chi connectivity index (χ4v) is 4.44. The van der Waals surface area contributed by atoms with Gasteiger partial charge in [-0.3, -0.25) is 14.5 Å². The predicted octanol–water partition coefficient (Wildman–Crippen LogP) is 5.56. The van der Waals surface area contributed by atoms with Crippen molar-refractivity contribution < 1.29 is 18.7 Å². The van der Waals surface area contributed by atoms with Crippen LogP contribution in [0.15, 0.2) is 77.7 Å². The van der Waals surface area contributed by atoms with Gasteiger partial charge in [0.05, 0.1) is 10.6 Å². The van der Waals surface area contributed by atoms with E-state index in [1.165, 1.54) is 40.9 Å². The zero-order valence-electron chi connectivity index (χ0n) is 17.6. The van der Waals surface area contributed by atoms with Gasteiger partial charge < -0.3 is 10.1 Å². The Morgan fingerprint density at radius 2 is 1.79 bits per heavy atom. The molecule has 4 rings (SSSR count). The van der Waals surface area contributed by atoms with Crippen LogP contribution in [-0.4, -0.2) is 22.7 Å². The molecule has 0 unspecified atom stereocenters. The zero-order valence-corrected chi connectivity index (χ0v) is 19.2. The summed E-state index contributed by atoms with van der Waals surface area (Å²) in [5.41, 5.74) is 3.03. The highest BCUT2D eigenvalue weighted by Gasteiger charge is 2.33. The first-order chi connectivity index (χ1) is 15.9. The Kier molecular flexibility index (Phi) is 6.86. The molecule has 1 aliphatic heterocycles. The quantitative estimate of drug-likeness (QED) is 0.371. The molecule has 0 atom stereocenters. The van der Waals surface area contributed by atoms with Crippen molar-refractivity contribution in [1.29, 1.82) is 0 Å². The van der Waals surface area contributed by atoms with Crippen LogP contribution in [0.1, 0.15) is 11.1 Å². The van der Waals surface area contributed by atoms with Crippen LogP contribution in [0, 0.1) is 12.7 Å². The van der Waals surface area contributed by atoms with Crippen LogP contribution in [-0.2, 0) is 9.59 Å². The van der Waals surface area contributed by atoms with E-state index >= 15 is 0 Å². The highest BCUT2D eigenvalue weighted by molar-refractivity contribution is 8.27. The molecule has 1 fully saturated rings. The second-order valence-corrected chi connectivity index (χ2v) is 8.89. The second kappa shape index (κ2) is 9.97. The Morgan fingerprint density at radius 1 is 1.09 bits per heavy atom. The number of halogens is 1. The van der Waals surface area contributed by atoms with Crippen LogP contribution >= 0.6 is 24.0 Å². The molecule has 1 heterocycles. The van der Waals surface area contributed by atoms with E-state index in [1.807, 2.05) is 31.2 Å². The molecule has 0 radical (unpaired) electrons. The molecule has 1 N–H and O–H groups in total. The van der Waals surface area contributed by atoms with E-state index in [0.29, 0.717) is 20.7 Å². The average Bonchev–Trinajstić information content (AvgIpc) is 3.08. The number of aryl methyl sites for hydroxylation is 1. The minimum atomic E-state index is -0.380. The van der Waals surface area contributed by atoms with Crippen LogP contribution in [0.4, 0.5) is 15.8 Å². The van der Waals surface area contributed by atoms with Crippen molar-refractivity contribution in [2.75, 3.05) is 16.8 Å². The summed E-state index contributed by atoms with van der Waals surface area (Å²) >= 11 is 6.52. The summed E-state index contributed by atoms with van der Waals surface area (Å²) in [4.78, 5) is 26.8. The van der Waals surface area contributed by atoms with E-state index in [-0.39, 0.29) is 24.2 Å². The van der Waals surface area contributed by atoms with Crippen molar-refractivity contribution in [2.45, 2.75) is 6.92 Å². The molecule has 166 valence electrons. The summed E-state index contributed by atoms with van der Waals surface area (Å²) in [5, 5.41) is 2.82. The number of carbonyl (C=O) groups excluding carboxylic acids is 2. The van der Waals surface area contributed by atoms with Gasteiger partial charge in [-0.2, -0.15) is 0 Å². The smallest absolute Gasteiger partial charge is 0.270 e. The fraction of sp³-hybridized carbons (Fsp3) is 0.0800. The summed E-state index contributed by atoms with van der Waals surface area (Å²) in [6.45, 7) is 1.80. The number of para-hydroxylation sites is 1. The average molecular weight is 479 g/mol. The highest BCUT2D eigenvalue weighted by atomic mass is 32.2. The number of benzene rings is 3. The minimum Gasteiger partial charge on any atom is -0.484 e. The number of hydrogen-bond acceptors (Lipinski definition) is 5. The van der Waals surface area contributed by atoms with Crippen LogP contribution in [0.25, 0.3) is 6.08 Å². The van der Waals surface area contributed by atoms with Crippen molar-refractivity contribution in [2.24, 2.45) is 0 Å². The number of thiocarbonyl (C=S) groups is 1. The SMILES string of the molecule is Cc1ccccc1NC(=O)COc1ccc(/C=C2\SC(=S)N(c3ccc(F)cc3)C2=O)cc1. The van der Waals surface area contributed by atoms with Crippen LogP contribution in [0.3, 0.4) is 0 Å². The summed E-state index contributed by atoms with van der Waals surface area (Å²) in [5.74, 6) is -0.358. The van der Waals surface area contributed by atoms with Gasteiger partial charge in [-0.1, -0.05) is 54.3 Å². The van der Waals surface area contributed by atoms with Gasteiger partial charge in [0, 0.05) is 5.69 Å². The lowest BCUT2D eigenvalue weighted by molar-refractivity contribution is -0.118. The predicted molar refractivity (Wildman–Crippen MR) is 134 cm³/mol. The molecule has 2 amide bonds. The molecule has 1 aliphatic rings. The third kappa shape index (κ3) is 5.47. The first kappa shape index (κ1) is 22.7. The van der Waals surface area contributed by atoms with Crippen LogP contribution < -0.4 is 15.0 Å². The largest absolute Gasteiger partial charge is 0.484 e. The number of anilines is 2. The molecular formula is C25H19FN2O3S2. The Balaban J connectivity index is 1.37. The maximum Gasteiger partial charge on any atom is 0.270 e. The van der Waals surface area contributed by atoms with E-state index in [9.17, 15) is 14.0 Å². The Labute approximate surface area is 200 Å². The first-order valence-corrected chi connectivity index (χ1v) is 11.2. The lowest BCUT2D eigenvalue weighted by Crippen LogP contribution is -2.27. The maximum absolute atomic E-state index is 13.2. The van der Waals surface area contributed by atoms with Gasteiger partial charge in [-0.25, -0.2) is 4.39 Å². The number of rotatable bonds is 6. The van der Waals surface area contributed by atoms with E-state index in [1.54, 1.807) is 30.3 Å². The molecule has 3 aromatic rings. The van der Waals surface area contributed by atoms with Gasteiger partial charge in [0.2, 0.25) is 0 Å². The third-order valence-electron chi connectivity index (χ3n) is 4.85. The maximum atomic E-state index is 13.2. The van der Waals surface area contributed by atoms with E-state index in [4.69, 9.17) is 17.0 Å². The molecule has 0 spiro atoms. The number of ether oxygens (including phenoxy) is 1. The topological polar surface area (TPSA) is 58.6 Å². The monoisotopic (exact) mass is 478 g/mol. The summed E-state index contributed by atoms with van der Waals surface area (Å²) in [6, 6.07) is 20.2. The van der Waals surface area contributed by atoms with Crippen molar-refractivity contribution in [3.8, 4) is 5.75 Å². The molecule has 0 bridgehead atoms. The van der Waals surface area contributed by atoms with Gasteiger partial charge >= 0.3 is 0 Å². The Bertz CT molecular complexity index is 1240. The van der Waals surface area contributed by atoms with E-state index < -0.39 is 0 Å².